The van der Waals surface area contributed by atoms with Crippen LogP contribution in [0.15, 0.2) is 48.0 Å². The van der Waals surface area contributed by atoms with E-state index < -0.39 is 5.97 Å². The average Bonchev–Trinajstić information content (AvgIpc) is 2.73. The number of para-hydroxylation sites is 1. The highest BCUT2D eigenvalue weighted by molar-refractivity contribution is 6.04. The van der Waals surface area contributed by atoms with Crippen molar-refractivity contribution < 1.29 is 9.90 Å². The van der Waals surface area contributed by atoms with Gasteiger partial charge in [-0.3, -0.25) is 0 Å². The molecule has 1 aromatic carbocycles. The van der Waals surface area contributed by atoms with E-state index in [4.69, 9.17) is 5.11 Å². The molecule has 1 aromatic rings. The highest BCUT2D eigenvalue weighted by Crippen LogP contribution is 2.27. The van der Waals surface area contributed by atoms with E-state index in [9.17, 15) is 4.79 Å². The van der Waals surface area contributed by atoms with Crippen molar-refractivity contribution in [2.45, 2.75) is 0 Å². The van der Waals surface area contributed by atoms with Crippen molar-refractivity contribution in [1.29, 1.82) is 0 Å². The van der Waals surface area contributed by atoms with Gasteiger partial charge < -0.3 is 5.11 Å². The summed E-state index contributed by atoms with van der Waals surface area (Å²) in [5.74, 6) is -0.0936. The number of hydrogen-bond donors (Lipinski definition) is 1. The van der Waals surface area contributed by atoms with Crippen LogP contribution in [-0.2, 0) is 4.79 Å². The molecule has 0 amide bonds. The molecule has 17 heavy (non-hydrogen) atoms. The highest BCUT2D eigenvalue weighted by atomic mass is 16.4. The maximum Gasteiger partial charge on any atom is 0.360 e. The summed E-state index contributed by atoms with van der Waals surface area (Å²) in [6.45, 7) is 5.06. The molecule has 0 fully saturated rings. The number of carboxylic acids is 1. The molecular formula is C13H15N2O2+. The van der Waals surface area contributed by atoms with Crippen molar-refractivity contribution in [3.05, 3.63) is 43.0 Å². The molecule has 0 saturated carbocycles. The number of aliphatic carboxylic acids is 1. The Labute approximate surface area is 100 Å². The Hall–Kier alpha value is -1.94. The van der Waals surface area contributed by atoms with Gasteiger partial charge in [0.05, 0.1) is 6.54 Å². The fourth-order valence-electron chi connectivity index (χ4n) is 2.28. The van der Waals surface area contributed by atoms with Crippen LogP contribution in [0.5, 0.6) is 0 Å². The van der Waals surface area contributed by atoms with E-state index in [1.165, 1.54) is 0 Å². The number of carbonyl (C=O) groups is 1. The number of hydrogen-bond acceptors (Lipinski definition) is 2. The molecule has 0 bridgehead atoms. The molecule has 1 aliphatic rings. The molecular weight excluding hydrogens is 216 g/mol. The van der Waals surface area contributed by atoms with Gasteiger partial charge in [-0.15, -0.1) is 0 Å². The van der Waals surface area contributed by atoms with Crippen molar-refractivity contribution >= 4 is 17.5 Å². The second-order valence-electron chi connectivity index (χ2n) is 4.02. The lowest BCUT2D eigenvalue weighted by atomic mass is 10.2. The Morgan fingerprint density at radius 1 is 1.47 bits per heavy atom. The zero-order valence-corrected chi connectivity index (χ0v) is 9.54. The summed E-state index contributed by atoms with van der Waals surface area (Å²) in [5, 5.41) is 9.11. The Morgan fingerprint density at radius 2 is 2.18 bits per heavy atom. The summed E-state index contributed by atoms with van der Waals surface area (Å²) >= 11 is 0. The van der Waals surface area contributed by atoms with Gasteiger partial charge in [0, 0.05) is 6.08 Å². The van der Waals surface area contributed by atoms with Crippen LogP contribution in [0.4, 0.5) is 5.69 Å². The molecule has 1 N–H and O–H groups in total. The van der Waals surface area contributed by atoms with E-state index in [-0.39, 0.29) is 11.0 Å². The Balaban J connectivity index is 2.48. The van der Waals surface area contributed by atoms with Gasteiger partial charge in [-0.2, -0.15) is 0 Å². The molecule has 0 aromatic heterocycles. The molecule has 0 radical (unpaired) electrons. The highest BCUT2D eigenvalue weighted by Gasteiger charge is 2.40. The van der Waals surface area contributed by atoms with Gasteiger partial charge in [-0.25, -0.2) is 14.3 Å². The van der Waals surface area contributed by atoms with Crippen LogP contribution in [0.2, 0.25) is 0 Å². The van der Waals surface area contributed by atoms with E-state index in [2.05, 4.69) is 11.6 Å². The van der Waals surface area contributed by atoms with Gasteiger partial charge in [-0.05, 0) is 12.1 Å². The number of quaternary nitrogens is 1. The van der Waals surface area contributed by atoms with Crippen LogP contribution in [-0.4, -0.2) is 36.5 Å². The first-order valence-corrected chi connectivity index (χ1v) is 5.51. The summed E-state index contributed by atoms with van der Waals surface area (Å²) in [4.78, 5) is 15.4. The Morgan fingerprint density at radius 3 is 2.76 bits per heavy atom. The van der Waals surface area contributed by atoms with E-state index >= 15 is 0 Å². The minimum absolute atomic E-state index is 0.00880. The third-order valence-corrected chi connectivity index (χ3v) is 3.03. The number of amidine groups is 1. The van der Waals surface area contributed by atoms with E-state index in [1.54, 1.807) is 6.08 Å². The van der Waals surface area contributed by atoms with Crippen molar-refractivity contribution in [2.24, 2.45) is 4.99 Å². The van der Waals surface area contributed by atoms with Crippen molar-refractivity contribution in [2.75, 3.05) is 19.6 Å². The summed E-state index contributed by atoms with van der Waals surface area (Å²) in [7, 11) is 0. The maximum atomic E-state index is 11.1. The zero-order valence-electron chi connectivity index (χ0n) is 9.54. The second-order valence-corrected chi connectivity index (χ2v) is 4.02. The van der Waals surface area contributed by atoms with E-state index in [1.807, 2.05) is 30.3 Å². The molecule has 0 saturated heterocycles. The molecule has 1 heterocycles. The summed E-state index contributed by atoms with van der Waals surface area (Å²) in [6, 6.07) is 9.62. The largest absolute Gasteiger partial charge is 0.477 e. The maximum absolute atomic E-state index is 11.1. The van der Waals surface area contributed by atoms with Crippen LogP contribution in [0.1, 0.15) is 0 Å². The van der Waals surface area contributed by atoms with Crippen LogP contribution < -0.4 is 4.48 Å². The Kier molecular flexibility index (Phi) is 3.06. The standard InChI is InChI=1S/C13H14N2O2/c1-2-12-14-8-9-15(12,10-13(16)17)11-6-4-3-5-7-11/h2-7H,1,8-10H2/p+1. The van der Waals surface area contributed by atoms with Crippen molar-refractivity contribution in [3.8, 4) is 0 Å². The molecule has 4 heteroatoms. The van der Waals surface area contributed by atoms with Crippen LogP contribution in [0, 0.1) is 0 Å². The average molecular weight is 231 g/mol. The molecule has 4 nitrogen and oxygen atoms in total. The van der Waals surface area contributed by atoms with Gasteiger partial charge in [0.2, 0.25) is 5.84 Å². The predicted octanol–water partition coefficient (Wildman–Crippen LogP) is 1.68. The number of rotatable bonds is 4. The fourth-order valence-corrected chi connectivity index (χ4v) is 2.28. The smallest absolute Gasteiger partial charge is 0.360 e. The molecule has 2 rings (SSSR count). The van der Waals surface area contributed by atoms with Crippen LogP contribution in [0.3, 0.4) is 0 Å². The third kappa shape index (κ3) is 1.99. The summed E-state index contributed by atoms with van der Waals surface area (Å²) in [5.41, 5.74) is 0.950. The van der Waals surface area contributed by atoms with Gasteiger partial charge in [0.15, 0.2) is 6.54 Å². The lowest BCUT2D eigenvalue weighted by molar-refractivity contribution is -0.137. The van der Waals surface area contributed by atoms with Crippen LogP contribution >= 0.6 is 0 Å². The molecule has 0 spiro atoms. The third-order valence-electron chi connectivity index (χ3n) is 3.03. The summed E-state index contributed by atoms with van der Waals surface area (Å²) < 4.78 is 0.264. The predicted molar refractivity (Wildman–Crippen MR) is 68.1 cm³/mol. The topological polar surface area (TPSA) is 49.7 Å². The molecule has 0 aliphatic carbocycles. The van der Waals surface area contributed by atoms with Gasteiger partial charge >= 0.3 is 5.97 Å². The lowest BCUT2D eigenvalue weighted by Crippen LogP contribution is -2.54. The normalized spacial score (nSPS) is 23.2. The van der Waals surface area contributed by atoms with Gasteiger partial charge in [-0.1, -0.05) is 24.8 Å². The first-order valence-electron chi connectivity index (χ1n) is 5.51. The quantitative estimate of drug-likeness (QED) is 0.801. The first-order chi connectivity index (χ1) is 8.19. The van der Waals surface area contributed by atoms with Crippen molar-refractivity contribution in [1.82, 2.24) is 4.48 Å². The monoisotopic (exact) mass is 231 g/mol. The van der Waals surface area contributed by atoms with E-state index in [0.717, 1.165) is 11.5 Å². The minimum Gasteiger partial charge on any atom is -0.477 e. The fraction of sp³-hybridized carbons (Fsp3) is 0.231. The number of aliphatic imine (C=N–C) groups is 1. The number of carboxylic acid groups (broad SMARTS) is 1. The first kappa shape index (κ1) is 11.5. The summed E-state index contributed by atoms with van der Waals surface area (Å²) in [6.07, 6.45) is 1.66. The Bertz CT molecular complexity index is 468. The SMILES string of the molecule is C=CC1=NCC[N+]1(CC(=O)O)c1ccccc1. The minimum atomic E-state index is -0.828. The van der Waals surface area contributed by atoms with Gasteiger partial charge in [0.1, 0.15) is 12.2 Å². The molecule has 1 atom stereocenters. The zero-order chi connectivity index (χ0) is 12.3. The van der Waals surface area contributed by atoms with Gasteiger partial charge in [0.25, 0.3) is 0 Å². The molecule has 1 aliphatic heterocycles. The number of benzene rings is 1. The second kappa shape index (κ2) is 4.51. The van der Waals surface area contributed by atoms with Crippen molar-refractivity contribution in [3.63, 3.8) is 0 Å². The van der Waals surface area contributed by atoms with E-state index in [0.29, 0.717) is 13.1 Å². The molecule has 88 valence electrons. The lowest BCUT2D eigenvalue weighted by Gasteiger charge is -2.31. The number of nitrogens with zero attached hydrogens (tertiary/aromatic N) is 2. The van der Waals surface area contributed by atoms with Crippen LogP contribution in [0.25, 0.3) is 0 Å². The molecule has 1 unspecified atom stereocenters.